The van der Waals surface area contributed by atoms with Gasteiger partial charge in [-0.3, -0.25) is 0 Å². The van der Waals surface area contributed by atoms with Crippen LogP contribution >= 0.6 is 23.2 Å². The SMILES string of the molecule is Clc1ccc(CNc2ccccc2Cn2ccnc2)c(Cl)c1. The van der Waals surface area contributed by atoms with E-state index in [9.17, 15) is 0 Å². The largest absolute Gasteiger partial charge is 0.381 e. The summed E-state index contributed by atoms with van der Waals surface area (Å²) in [4.78, 5) is 4.07. The fourth-order valence-electron chi connectivity index (χ4n) is 2.26. The second-order valence-corrected chi connectivity index (χ2v) is 5.83. The van der Waals surface area contributed by atoms with Crippen LogP contribution in [0.5, 0.6) is 0 Å². The molecule has 1 N–H and O–H groups in total. The van der Waals surface area contributed by atoms with Gasteiger partial charge in [-0.25, -0.2) is 4.98 Å². The number of hydrogen-bond acceptors (Lipinski definition) is 2. The Hall–Kier alpha value is -1.97. The van der Waals surface area contributed by atoms with E-state index in [-0.39, 0.29) is 0 Å². The van der Waals surface area contributed by atoms with Gasteiger partial charge in [-0.05, 0) is 29.3 Å². The second kappa shape index (κ2) is 6.86. The summed E-state index contributed by atoms with van der Waals surface area (Å²) in [5.41, 5.74) is 3.30. The minimum Gasteiger partial charge on any atom is -0.381 e. The lowest BCUT2D eigenvalue weighted by molar-refractivity contribution is 0.797. The first-order valence-corrected chi connectivity index (χ1v) is 7.69. The molecular formula is C17H15Cl2N3. The fraction of sp³-hybridized carbons (Fsp3) is 0.118. The minimum atomic E-state index is 0.647. The predicted molar refractivity (Wildman–Crippen MR) is 91.6 cm³/mol. The van der Waals surface area contributed by atoms with Crippen LogP contribution in [0, 0.1) is 0 Å². The first-order valence-electron chi connectivity index (χ1n) is 6.94. The molecule has 0 aliphatic heterocycles. The van der Waals surface area contributed by atoms with Gasteiger partial charge in [0.25, 0.3) is 0 Å². The topological polar surface area (TPSA) is 29.9 Å². The van der Waals surface area contributed by atoms with Crippen molar-refractivity contribution in [3.8, 4) is 0 Å². The molecular weight excluding hydrogens is 317 g/mol. The number of hydrogen-bond donors (Lipinski definition) is 1. The van der Waals surface area contributed by atoms with Crippen molar-refractivity contribution < 1.29 is 0 Å². The lowest BCUT2D eigenvalue weighted by Gasteiger charge is -2.13. The van der Waals surface area contributed by atoms with E-state index >= 15 is 0 Å². The van der Waals surface area contributed by atoms with E-state index in [1.54, 1.807) is 12.3 Å². The van der Waals surface area contributed by atoms with Crippen molar-refractivity contribution in [2.24, 2.45) is 0 Å². The number of rotatable bonds is 5. The summed E-state index contributed by atoms with van der Waals surface area (Å²) >= 11 is 12.1. The summed E-state index contributed by atoms with van der Waals surface area (Å²) in [5.74, 6) is 0. The van der Waals surface area contributed by atoms with Crippen molar-refractivity contribution >= 4 is 28.9 Å². The fourth-order valence-corrected chi connectivity index (χ4v) is 2.74. The maximum absolute atomic E-state index is 6.21. The first-order chi connectivity index (χ1) is 10.7. The molecule has 2 aromatic carbocycles. The number of halogens is 2. The van der Waals surface area contributed by atoms with Gasteiger partial charge in [0, 0.05) is 34.7 Å². The zero-order valence-corrected chi connectivity index (χ0v) is 13.3. The van der Waals surface area contributed by atoms with E-state index in [1.165, 1.54) is 5.56 Å². The maximum atomic E-state index is 6.21. The van der Waals surface area contributed by atoms with E-state index in [0.717, 1.165) is 17.8 Å². The van der Waals surface area contributed by atoms with Crippen LogP contribution < -0.4 is 5.32 Å². The average molecular weight is 332 g/mol. The Morgan fingerprint density at radius 2 is 1.91 bits per heavy atom. The van der Waals surface area contributed by atoms with Gasteiger partial charge in [0.2, 0.25) is 0 Å². The molecule has 3 aromatic rings. The molecule has 3 nitrogen and oxygen atoms in total. The smallest absolute Gasteiger partial charge is 0.0949 e. The number of para-hydroxylation sites is 1. The van der Waals surface area contributed by atoms with Gasteiger partial charge in [0.05, 0.1) is 12.9 Å². The van der Waals surface area contributed by atoms with Crippen LogP contribution in [-0.4, -0.2) is 9.55 Å². The highest BCUT2D eigenvalue weighted by Gasteiger charge is 2.05. The van der Waals surface area contributed by atoms with Crippen LogP contribution in [0.4, 0.5) is 5.69 Å². The lowest BCUT2D eigenvalue weighted by Crippen LogP contribution is -2.05. The molecule has 0 spiro atoms. The van der Waals surface area contributed by atoms with Crippen molar-refractivity contribution in [3.05, 3.63) is 82.4 Å². The molecule has 0 fully saturated rings. The van der Waals surface area contributed by atoms with Crippen molar-refractivity contribution in [2.45, 2.75) is 13.1 Å². The van der Waals surface area contributed by atoms with E-state index in [2.05, 4.69) is 22.4 Å². The Balaban J connectivity index is 1.75. The number of aromatic nitrogens is 2. The van der Waals surface area contributed by atoms with E-state index in [1.807, 2.05) is 41.4 Å². The summed E-state index contributed by atoms with van der Waals surface area (Å²) in [7, 11) is 0. The molecule has 1 heterocycles. The summed E-state index contributed by atoms with van der Waals surface area (Å²) in [6.07, 6.45) is 5.54. The number of nitrogens with one attached hydrogen (secondary N) is 1. The highest BCUT2D eigenvalue weighted by Crippen LogP contribution is 2.23. The Labute approximate surface area is 139 Å². The third-order valence-corrected chi connectivity index (χ3v) is 4.00. The summed E-state index contributed by atoms with van der Waals surface area (Å²) in [6, 6.07) is 13.8. The quantitative estimate of drug-likeness (QED) is 0.724. The highest BCUT2D eigenvalue weighted by atomic mass is 35.5. The number of benzene rings is 2. The standard InChI is InChI=1S/C17H15Cl2N3/c18-15-6-5-13(16(19)9-15)10-21-17-4-2-1-3-14(17)11-22-8-7-20-12-22/h1-9,12,21H,10-11H2. The van der Waals surface area contributed by atoms with Gasteiger partial charge in [-0.15, -0.1) is 0 Å². The van der Waals surface area contributed by atoms with Gasteiger partial charge in [0.1, 0.15) is 0 Å². The predicted octanol–water partition coefficient (Wildman–Crippen LogP) is 4.85. The van der Waals surface area contributed by atoms with Gasteiger partial charge in [-0.1, -0.05) is 47.5 Å². The zero-order chi connectivity index (χ0) is 15.4. The van der Waals surface area contributed by atoms with Gasteiger partial charge in [0.15, 0.2) is 0 Å². The summed E-state index contributed by atoms with van der Waals surface area (Å²) < 4.78 is 2.04. The molecule has 0 saturated heterocycles. The molecule has 112 valence electrons. The van der Waals surface area contributed by atoms with Crippen LogP contribution in [0.15, 0.2) is 61.2 Å². The second-order valence-electron chi connectivity index (χ2n) is 4.98. The lowest BCUT2D eigenvalue weighted by atomic mass is 10.1. The first kappa shape index (κ1) is 14.9. The van der Waals surface area contributed by atoms with Crippen LogP contribution in [0.3, 0.4) is 0 Å². The molecule has 0 saturated carbocycles. The van der Waals surface area contributed by atoms with Crippen LogP contribution in [0.25, 0.3) is 0 Å². The molecule has 22 heavy (non-hydrogen) atoms. The van der Waals surface area contributed by atoms with Gasteiger partial charge in [-0.2, -0.15) is 0 Å². The van der Waals surface area contributed by atoms with Gasteiger partial charge < -0.3 is 9.88 Å². The molecule has 1 aromatic heterocycles. The molecule has 0 unspecified atom stereocenters. The van der Waals surface area contributed by atoms with E-state index in [0.29, 0.717) is 16.6 Å². The third-order valence-electron chi connectivity index (χ3n) is 3.41. The molecule has 5 heteroatoms. The molecule has 3 rings (SSSR count). The molecule has 0 aliphatic rings. The number of nitrogens with zero attached hydrogens (tertiary/aromatic N) is 2. The number of anilines is 1. The van der Waals surface area contributed by atoms with E-state index < -0.39 is 0 Å². The van der Waals surface area contributed by atoms with Crippen LogP contribution in [0.2, 0.25) is 10.0 Å². The van der Waals surface area contributed by atoms with Gasteiger partial charge >= 0.3 is 0 Å². The Morgan fingerprint density at radius 3 is 2.68 bits per heavy atom. The number of imidazole rings is 1. The Kier molecular flexibility index (Phi) is 4.66. The molecule has 0 amide bonds. The van der Waals surface area contributed by atoms with Crippen molar-refractivity contribution in [1.29, 1.82) is 0 Å². The highest BCUT2D eigenvalue weighted by molar-refractivity contribution is 6.35. The normalized spacial score (nSPS) is 10.6. The Bertz CT molecular complexity index is 754. The average Bonchev–Trinajstić information content (AvgIpc) is 3.01. The maximum Gasteiger partial charge on any atom is 0.0949 e. The van der Waals surface area contributed by atoms with Crippen LogP contribution in [0.1, 0.15) is 11.1 Å². The molecule has 0 radical (unpaired) electrons. The third kappa shape index (κ3) is 3.62. The summed E-state index contributed by atoms with van der Waals surface area (Å²) in [5, 5.41) is 4.76. The molecule has 0 bridgehead atoms. The minimum absolute atomic E-state index is 0.647. The van der Waals surface area contributed by atoms with Crippen LogP contribution in [-0.2, 0) is 13.1 Å². The van der Waals surface area contributed by atoms with Crippen molar-refractivity contribution in [1.82, 2.24) is 9.55 Å². The molecule has 0 atom stereocenters. The van der Waals surface area contributed by atoms with Crippen molar-refractivity contribution in [3.63, 3.8) is 0 Å². The van der Waals surface area contributed by atoms with E-state index in [4.69, 9.17) is 23.2 Å². The zero-order valence-electron chi connectivity index (χ0n) is 11.8. The monoisotopic (exact) mass is 331 g/mol. The molecule has 0 aliphatic carbocycles. The van der Waals surface area contributed by atoms with Crippen molar-refractivity contribution in [2.75, 3.05) is 5.32 Å². The summed E-state index contributed by atoms with van der Waals surface area (Å²) in [6.45, 7) is 1.43. The Morgan fingerprint density at radius 1 is 1.05 bits per heavy atom.